The van der Waals surface area contributed by atoms with Crippen LogP contribution in [0.2, 0.25) is 20.1 Å². The van der Waals surface area contributed by atoms with Crippen molar-refractivity contribution in [1.29, 1.82) is 0 Å². The molecule has 0 atom stereocenters. The first-order valence-corrected chi connectivity index (χ1v) is 12.6. The average Bonchev–Trinajstić information content (AvgIpc) is 3.46. The molecule has 0 aliphatic rings. The Morgan fingerprint density at radius 1 is 0.778 bits per heavy atom. The van der Waals surface area contributed by atoms with Crippen LogP contribution in [-0.4, -0.2) is 20.0 Å². The highest BCUT2D eigenvalue weighted by Gasteiger charge is 2.31. The molecule has 0 N–H and O–H groups in total. The third-order valence-corrected chi connectivity index (χ3v) is 7.15. The van der Waals surface area contributed by atoms with E-state index in [0.717, 1.165) is 22.4 Å². The predicted octanol–water partition coefficient (Wildman–Crippen LogP) is 8.84. The van der Waals surface area contributed by atoms with Crippen LogP contribution < -0.4 is 0 Å². The van der Waals surface area contributed by atoms with E-state index in [1.165, 1.54) is 0 Å². The summed E-state index contributed by atoms with van der Waals surface area (Å²) in [6.45, 7) is 6.00. The first kappa shape index (κ1) is 24.8. The minimum atomic E-state index is -0.537. The van der Waals surface area contributed by atoms with Crippen LogP contribution in [0.5, 0.6) is 0 Å². The first-order valence-electron chi connectivity index (χ1n) is 11.1. The van der Waals surface area contributed by atoms with Gasteiger partial charge < -0.3 is 4.42 Å². The van der Waals surface area contributed by atoms with E-state index in [2.05, 4.69) is 10.2 Å². The van der Waals surface area contributed by atoms with Crippen LogP contribution in [0.1, 0.15) is 30.9 Å². The number of rotatable bonds is 5. The van der Waals surface area contributed by atoms with E-state index in [0.29, 0.717) is 43.3 Å². The zero-order valence-corrected chi connectivity index (χ0v) is 22.6. The lowest BCUT2D eigenvalue weighted by Gasteiger charge is -2.20. The molecule has 0 aliphatic carbocycles. The standard InChI is InChI=1S/C27H20Cl4N4O/c1-15-23(25-32-33-26(36-25)27(2,3)17-6-10-19(29)11-7-17)34-35(22-13-12-20(30)14-21(22)31)24(15)16-4-8-18(28)9-5-16/h4-14H,1-3H3. The minimum absolute atomic E-state index is 0.309. The maximum Gasteiger partial charge on any atom is 0.268 e. The van der Waals surface area contributed by atoms with Gasteiger partial charge in [-0.25, -0.2) is 4.68 Å². The van der Waals surface area contributed by atoms with Gasteiger partial charge in [0.25, 0.3) is 5.89 Å². The van der Waals surface area contributed by atoms with Gasteiger partial charge in [0.15, 0.2) is 5.69 Å². The van der Waals surface area contributed by atoms with Crippen LogP contribution >= 0.6 is 46.4 Å². The van der Waals surface area contributed by atoms with E-state index in [1.54, 1.807) is 16.8 Å². The van der Waals surface area contributed by atoms with Gasteiger partial charge >= 0.3 is 0 Å². The summed E-state index contributed by atoms with van der Waals surface area (Å²) in [5, 5.41) is 15.9. The van der Waals surface area contributed by atoms with Crippen molar-refractivity contribution in [3.8, 4) is 28.5 Å². The third kappa shape index (κ3) is 4.53. The van der Waals surface area contributed by atoms with Crippen LogP contribution in [0.25, 0.3) is 28.5 Å². The van der Waals surface area contributed by atoms with Crippen LogP contribution in [0, 0.1) is 6.92 Å². The molecule has 2 aromatic heterocycles. The maximum atomic E-state index is 6.57. The van der Waals surface area contributed by atoms with E-state index in [1.807, 2.05) is 75.4 Å². The van der Waals surface area contributed by atoms with Crippen molar-refractivity contribution in [1.82, 2.24) is 20.0 Å². The third-order valence-electron chi connectivity index (χ3n) is 6.11. The molecule has 0 spiro atoms. The fraction of sp³-hybridized carbons (Fsp3) is 0.148. The van der Waals surface area contributed by atoms with Crippen molar-refractivity contribution in [3.63, 3.8) is 0 Å². The number of halogens is 4. The monoisotopic (exact) mass is 556 g/mol. The van der Waals surface area contributed by atoms with Gasteiger partial charge in [-0.05, 0) is 68.8 Å². The zero-order chi connectivity index (χ0) is 25.6. The van der Waals surface area contributed by atoms with Crippen LogP contribution in [0.15, 0.2) is 71.1 Å². The van der Waals surface area contributed by atoms with Crippen LogP contribution in [0.4, 0.5) is 0 Å². The second-order valence-electron chi connectivity index (χ2n) is 8.88. The molecule has 0 unspecified atom stereocenters. The Morgan fingerprint density at radius 3 is 2.03 bits per heavy atom. The van der Waals surface area contributed by atoms with E-state index < -0.39 is 5.41 Å². The molecule has 2 heterocycles. The summed E-state index contributed by atoms with van der Waals surface area (Å²) >= 11 is 24.9. The lowest BCUT2D eigenvalue weighted by Crippen LogP contribution is -2.19. The number of aromatic nitrogens is 4. The largest absolute Gasteiger partial charge is 0.418 e. The van der Waals surface area contributed by atoms with Crippen molar-refractivity contribution in [2.45, 2.75) is 26.2 Å². The van der Waals surface area contributed by atoms with Crippen LogP contribution in [-0.2, 0) is 5.41 Å². The Labute approximate surface area is 228 Å². The minimum Gasteiger partial charge on any atom is -0.418 e. The summed E-state index contributed by atoms with van der Waals surface area (Å²) in [7, 11) is 0. The van der Waals surface area contributed by atoms with E-state index in [9.17, 15) is 0 Å². The molecule has 182 valence electrons. The Bertz CT molecular complexity index is 1550. The summed E-state index contributed by atoms with van der Waals surface area (Å²) in [6, 6.07) is 20.4. The molecule has 0 saturated carbocycles. The molecular formula is C27H20Cl4N4O. The highest BCUT2D eigenvalue weighted by molar-refractivity contribution is 6.35. The number of hydrogen-bond acceptors (Lipinski definition) is 4. The van der Waals surface area contributed by atoms with Crippen molar-refractivity contribution < 1.29 is 4.42 Å². The van der Waals surface area contributed by atoms with Gasteiger partial charge in [0.2, 0.25) is 5.89 Å². The number of benzene rings is 3. The molecule has 36 heavy (non-hydrogen) atoms. The molecule has 3 aromatic carbocycles. The first-order chi connectivity index (χ1) is 17.1. The zero-order valence-electron chi connectivity index (χ0n) is 19.6. The molecular weight excluding hydrogens is 538 g/mol. The summed E-state index contributed by atoms with van der Waals surface area (Å²) < 4.78 is 7.97. The quantitative estimate of drug-likeness (QED) is 0.216. The summed E-state index contributed by atoms with van der Waals surface area (Å²) in [5.41, 5.74) is 4.26. The normalized spacial score (nSPS) is 11.8. The van der Waals surface area contributed by atoms with Gasteiger partial charge in [0.1, 0.15) is 0 Å². The van der Waals surface area contributed by atoms with Crippen LogP contribution in [0.3, 0.4) is 0 Å². The summed E-state index contributed by atoms with van der Waals surface area (Å²) in [6.07, 6.45) is 0. The lowest BCUT2D eigenvalue weighted by molar-refractivity contribution is 0.419. The Hall–Kier alpha value is -2.83. The number of hydrogen-bond donors (Lipinski definition) is 0. The molecule has 5 rings (SSSR count). The van der Waals surface area contributed by atoms with Gasteiger partial charge in [0.05, 0.1) is 21.8 Å². The van der Waals surface area contributed by atoms with E-state index in [4.69, 9.17) is 55.9 Å². The van der Waals surface area contributed by atoms with Crippen molar-refractivity contribution in [3.05, 3.63) is 104 Å². The van der Waals surface area contributed by atoms with E-state index >= 15 is 0 Å². The molecule has 9 heteroatoms. The molecule has 0 saturated heterocycles. The lowest BCUT2D eigenvalue weighted by atomic mass is 9.85. The van der Waals surface area contributed by atoms with Crippen molar-refractivity contribution >= 4 is 46.4 Å². The molecule has 0 aliphatic heterocycles. The SMILES string of the molecule is Cc1c(-c2nnc(C(C)(C)c3ccc(Cl)cc3)o2)nn(-c2ccc(Cl)cc2Cl)c1-c1ccc(Cl)cc1. The smallest absolute Gasteiger partial charge is 0.268 e. The highest BCUT2D eigenvalue weighted by atomic mass is 35.5. The Kier molecular flexibility index (Phi) is 6.60. The molecule has 5 aromatic rings. The number of nitrogens with zero attached hydrogens (tertiary/aromatic N) is 4. The van der Waals surface area contributed by atoms with Crippen molar-refractivity contribution in [2.24, 2.45) is 0 Å². The van der Waals surface area contributed by atoms with Gasteiger partial charge in [-0.1, -0.05) is 70.7 Å². The van der Waals surface area contributed by atoms with Gasteiger partial charge in [0, 0.05) is 26.2 Å². The fourth-order valence-corrected chi connectivity index (χ4v) is 4.78. The Morgan fingerprint density at radius 2 is 1.39 bits per heavy atom. The second-order valence-corrected chi connectivity index (χ2v) is 10.6. The van der Waals surface area contributed by atoms with E-state index in [-0.39, 0.29) is 0 Å². The molecule has 0 amide bonds. The molecule has 0 radical (unpaired) electrons. The maximum absolute atomic E-state index is 6.57. The topological polar surface area (TPSA) is 56.7 Å². The molecule has 5 nitrogen and oxygen atoms in total. The summed E-state index contributed by atoms with van der Waals surface area (Å²) in [4.78, 5) is 0. The van der Waals surface area contributed by atoms with Crippen molar-refractivity contribution in [2.75, 3.05) is 0 Å². The summed E-state index contributed by atoms with van der Waals surface area (Å²) in [5.74, 6) is 0.773. The van der Waals surface area contributed by atoms with Gasteiger partial charge in [-0.15, -0.1) is 10.2 Å². The fourth-order valence-electron chi connectivity index (χ4n) is 4.03. The van der Waals surface area contributed by atoms with Gasteiger partial charge in [-0.2, -0.15) is 5.10 Å². The second kappa shape index (κ2) is 9.56. The van der Waals surface area contributed by atoms with Gasteiger partial charge in [-0.3, -0.25) is 0 Å². The Balaban J connectivity index is 1.65. The molecule has 0 fully saturated rings. The molecule has 0 bridgehead atoms. The average molecular weight is 558 g/mol. The predicted molar refractivity (Wildman–Crippen MR) is 146 cm³/mol. The highest BCUT2D eigenvalue weighted by Crippen LogP contribution is 2.38.